The highest BCUT2D eigenvalue weighted by Gasteiger charge is 2.38. The van der Waals surface area contributed by atoms with Gasteiger partial charge in [-0.2, -0.15) is 0 Å². The molecular formula is C26H27FN2O2S. The number of amides is 1. The number of hydrogen-bond acceptors (Lipinski definition) is 4. The fourth-order valence-electron chi connectivity index (χ4n) is 4.18. The molecule has 0 saturated carbocycles. The molecule has 0 radical (unpaired) electrons. The molecule has 3 aromatic rings. The van der Waals surface area contributed by atoms with E-state index < -0.39 is 5.54 Å². The van der Waals surface area contributed by atoms with Gasteiger partial charge in [0.25, 0.3) is 5.91 Å². The van der Waals surface area contributed by atoms with Gasteiger partial charge in [0.15, 0.2) is 0 Å². The van der Waals surface area contributed by atoms with E-state index in [9.17, 15) is 9.18 Å². The topological polar surface area (TPSA) is 41.6 Å². The Labute approximate surface area is 192 Å². The van der Waals surface area contributed by atoms with Gasteiger partial charge in [0.1, 0.15) is 23.7 Å². The van der Waals surface area contributed by atoms with Gasteiger partial charge in [0.2, 0.25) is 0 Å². The first-order chi connectivity index (χ1) is 15.2. The molecule has 3 aromatic carbocycles. The van der Waals surface area contributed by atoms with Crippen molar-refractivity contribution in [2.45, 2.75) is 37.8 Å². The maximum atomic E-state index is 13.8. The Morgan fingerprint density at radius 3 is 2.59 bits per heavy atom. The summed E-state index contributed by atoms with van der Waals surface area (Å²) in [7, 11) is 1.80. The van der Waals surface area contributed by atoms with Crippen LogP contribution in [0.3, 0.4) is 0 Å². The fourth-order valence-corrected chi connectivity index (χ4v) is 4.79. The van der Waals surface area contributed by atoms with E-state index in [-0.39, 0.29) is 18.3 Å². The molecule has 4 nitrogen and oxygen atoms in total. The Kier molecular flexibility index (Phi) is 5.91. The molecule has 6 heteroatoms. The molecule has 166 valence electrons. The predicted molar refractivity (Wildman–Crippen MR) is 130 cm³/mol. The summed E-state index contributed by atoms with van der Waals surface area (Å²) < 4.78 is 20.0. The first-order valence-corrected chi connectivity index (χ1v) is 11.7. The predicted octanol–water partition coefficient (Wildman–Crippen LogP) is 6.27. The van der Waals surface area contributed by atoms with Crippen LogP contribution in [-0.2, 0) is 11.4 Å². The molecular weight excluding hydrogens is 423 g/mol. The summed E-state index contributed by atoms with van der Waals surface area (Å²) in [5.74, 6) is 0.123. The summed E-state index contributed by atoms with van der Waals surface area (Å²) in [4.78, 5) is 15.9. The molecule has 1 heterocycles. The van der Waals surface area contributed by atoms with Gasteiger partial charge in [-0.3, -0.25) is 4.79 Å². The smallest absolute Gasteiger partial charge is 0.251 e. The minimum atomic E-state index is -0.711. The van der Waals surface area contributed by atoms with Crippen molar-refractivity contribution >= 4 is 29.0 Å². The summed E-state index contributed by atoms with van der Waals surface area (Å²) in [6.07, 6.45) is 2.04. The number of carbonyl (C=O) groups is 1. The zero-order valence-electron chi connectivity index (χ0n) is 19.0. The third kappa shape index (κ3) is 3.95. The van der Waals surface area contributed by atoms with E-state index in [2.05, 4.69) is 23.5 Å². The number of halogens is 1. The van der Waals surface area contributed by atoms with E-state index >= 15 is 0 Å². The Morgan fingerprint density at radius 1 is 1.09 bits per heavy atom. The fraction of sp³-hybridized carbons (Fsp3) is 0.269. The van der Waals surface area contributed by atoms with Gasteiger partial charge < -0.3 is 15.0 Å². The number of fused-ring (bicyclic) bond motifs is 1. The average molecular weight is 451 g/mol. The van der Waals surface area contributed by atoms with Gasteiger partial charge in [-0.25, -0.2) is 4.39 Å². The second kappa shape index (κ2) is 8.51. The van der Waals surface area contributed by atoms with Crippen LogP contribution in [0.5, 0.6) is 5.75 Å². The number of nitrogens with one attached hydrogen (secondary N) is 1. The molecule has 0 atom stereocenters. The number of ether oxygens (including phenoxy) is 1. The van der Waals surface area contributed by atoms with Crippen molar-refractivity contribution < 1.29 is 13.9 Å². The lowest BCUT2D eigenvalue weighted by molar-refractivity contribution is -0.121. The molecule has 1 amide bonds. The maximum Gasteiger partial charge on any atom is 0.251 e. The Balaban J connectivity index is 1.88. The monoisotopic (exact) mass is 450 g/mol. The first-order valence-electron chi connectivity index (χ1n) is 10.5. The van der Waals surface area contributed by atoms with Crippen LogP contribution < -0.4 is 15.0 Å². The van der Waals surface area contributed by atoms with Crippen LogP contribution in [0, 0.1) is 12.7 Å². The quantitative estimate of drug-likeness (QED) is 0.465. The van der Waals surface area contributed by atoms with Crippen LogP contribution in [0.4, 0.5) is 15.8 Å². The van der Waals surface area contributed by atoms with E-state index in [1.54, 1.807) is 29.8 Å². The number of hydrogen-bond donors (Lipinski definition) is 1. The molecule has 0 unspecified atom stereocenters. The number of rotatable bonds is 5. The number of nitrogens with zero attached hydrogens (tertiary/aromatic N) is 1. The molecule has 1 N–H and O–H groups in total. The SMILES string of the molecule is CSc1ccccc1-c1ccc2c(c1COc1cc(F)ccc1C)N(C)C(=O)C(C)(C)N2. The lowest BCUT2D eigenvalue weighted by Crippen LogP contribution is -2.52. The van der Waals surface area contributed by atoms with Crippen LogP contribution >= 0.6 is 11.8 Å². The lowest BCUT2D eigenvalue weighted by Gasteiger charge is -2.39. The lowest BCUT2D eigenvalue weighted by atomic mass is 9.92. The van der Waals surface area contributed by atoms with Crippen molar-refractivity contribution in [1.82, 2.24) is 0 Å². The van der Waals surface area contributed by atoms with E-state index in [4.69, 9.17) is 4.74 Å². The van der Waals surface area contributed by atoms with Gasteiger partial charge >= 0.3 is 0 Å². The van der Waals surface area contributed by atoms with Gasteiger partial charge in [-0.05, 0) is 61.9 Å². The summed E-state index contributed by atoms with van der Waals surface area (Å²) in [5, 5.41) is 3.37. The number of likely N-dealkylation sites (N-methyl/N-ethyl adjacent to an activating group) is 1. The van der Waals surface area contributed by atoms with Crippen molar-refractivity contribution in [3.63, 3.8) is 0 Å². The van der Waals surface area contributed by atoms with Crippen molar-refractivity contribution in [3.05, 3.63) is 71.5 Å². The number of benzene rings is 3. The maximum absolute atomic E-state index is 13.8. The molecule has 0 fully saturated rings. The average Bonchev–Trinajstić information content (AvgIpc) is 2.77. The normalized spacial score (nSPS) is 14.7. The van der Waals surface area contributed by atoms with Crippen molar-refractivity contribution in [2.75, 3.05) is 23.5 Å². The highest BCUT2D eigenvalue weighted by atomic mass is 32.2. The summed E-state index contributed by atoms with van der Waals surface area (Å²) in [5.41, 5.74) is 4.75. The standard InChI is InChI=1S/C26H27FN2O2S/c1-16-10-11-17(27)14-22(16)31-15-20-18(19-8-6-7-9-23(19)32-5)12-13-21-24(20)29(4)25(30)26(2,3)28-21/h6-14,28H,15H2,1-5H3. The highest BCUT2D eigenvalue weighted by Crippen LogP contribution is 2.44. The van der Waals surface area contributed by atoms with E-state index in [0.717, 1.165) is 38.5 Å². The van der Waals surface area contributed by atoms with E-state index in [0.29, 0.717) is 5.75 Å². The second-order valence-corrected chi connectivity index (χ2v) is 9.35. The van der Waals surface area contributed by atoms with Crippen molar-refractivity contribution in [3.8, 4) is 16.9 Å². The zero-order chi connectivity index (χ0) is 23.0. The van der Waals surface area contributed by atoms with Crippen molar-refractivity contribution in [1.29, 1.82) is 0 Å². The summed E-state index contributed by atoms with van der Waals surface area (Å²) in [6.45, 7) is 5.83. The minimum absolute atomic E-state index is 0.0245. The van der Waals surface area contributed by atoms with Crippen LogP contribution in [0.15, 0.2) is 59.5 Å². The van der Waals surface area contributed by atoms with E-state index in [1.165, 1.54) is 12.1 Å². The van der Waals surface area contributed by atoms with E-state index in [1.807, 2.05) is 45.2 Å². The van der Waals surface area contributed by atoms with Crippen LogP contribution in [0.2, 0.25) is 0 Å². The Morgan fingerprint density at radius 2 is 1.84 bits per heavy atom. The van der Waals surface area contributed by atoms with Crippen LogP contribution in [0.1, 0.15) is 25.0 Å². The summed E-state index contributed by atoms with van der Waals surface area (Å²) in [6, 6.07) is 16.8. The molecule has 0 spiro atoms. The third-order valence-electron chi connectivity index (χ3n) is 5.82. The highest BCUT2D eigenvalue weighted by molar-refractivity contribution is 7.98. The summed E-state index contributed by atoms with van der Waals surface area (Å²) >= 11 is 1.67. The first kappa shape index (κ1) is 22.2. The second-order valence-electron chi connectivity index (χ2n) is 8.50. The Hall–Kier alpha value is -2.99. The van der Waals surface area contributed by atoms with Crippen LogP contribution in [-0.4, -0.2) is 24.7 Å². The van der Waals surface area contributed by atoms with Gasteiger partial charge in [0, 0.05) is 23.6 Å². The molecule has 1 aliphatic heterocycles. The zero-order valence-corrected chi connectivity index (χ0v) is 19.8. The molecule has 1 aliphatic rings. The number of carbonyl (C=O) groups excluding carboxylic acids is 1. The van der Waals surface area contributed by atoms with Gasteiger partial charge in [-0.15, -0.1) is 11.8 Å². The Bertz CT molecular complexity index is 1190. The molecule has 0 aliphatic carbocycles. The van der Waals surface area contributed by atoms with Gasteiger partial charge in [-0.1, -0.05) is 30.3 Å². The number of aryl methyl sites for hydroxylation is 1. The van der Waals surface area contributed by atoms with Crippen molar-refractivity contribution in [2.24, 2.45) is 0 Å². The number of anilines is 2. The molecule has 0 saturated heterocycles. The molecule has 32 heavy (non-hydrogen) atoms. The largest absolute Gasteiger partial charge is 0.488 e. The minimum Gasteiger partial charge on any atom is -0.488 e. The van der Waals surface area contributed by atoms with Crippen LogP contribution in [0.25, 0.3) is 11.1 Å². The molecule has 0 bridgehead atoms. The number of thioether (sulfide) groups is 1. The van der Waals surface area contributed by atoms with Gasteiger partial charge in [0.05, 0.1) is 11.4 Å². The molecule has 4 rings (SSSR count). The third-order valence-corrected chi connectivity index (χ3v) is 6.62. The molecule has 0 aromatic heterocycles.